The first-order valence-corrected chi connectivity index (χ1v) is 5.54. The van der Waals surface area contributed by atoms with Gasteiger partial charge < -0.3 is 4.74 Å². The van der Waals surface area contributed by atoms with E-state index in [1.807, 2.05) is 25.3 Å². The number of ether oxygens (including phenoxy) is 1. The minimum Gasteiger partial charge on any atom is -0.491 e. The molecule has 0 unspecified atom stereocenters. The number of hydrogen-bond acceptors (Lipinski definition) is 2. The number of aliphatic imine (C=N–C) groups is 1. The van der Waals surface area contributed by atoms with E-state index in [0.29, 0.717) is 5.41 Å². The van der Waals surface area contributed by atoms with Crippen molar-refractivity contribution in [1.29, 1.82) is 0 Å². The molecule has 0 atom stereocenters. The molecule has 0 radical (unpaired) electrons. The van der Waals surface area contributed by atoms with Crippen LogP contribution in [0.25, 0.3) is 0 Å². The lowest BCUT2D eigenvalue weighted by atomic mass is 9.93. The van der Waals surface area contributed by atoms with Gasteiger partial charge in [-0.3, -0.25) is 4.99 Å². The molecule has 0 spiro atoms. The van der Waals surface area contributed by atoms with E-state index >= 15 is 0 Å². The van der Waals surface area contributed by atoms with E-state index in [1.165, 1.54) is 0 Å². The summed E-state index contributed by atoms with van der Waals surface area (Å²) in [4.78, 5) is 4.49. The van der Waals surface area contributed by atoms with Crippen LogP contribution in [0.3, 0.4) is 0 Å². The molecule has 1 rings (SSSR count). The van der Waals surface area contributed by atoms with Gasteiger partial charge in [0.05, 0.1) is 12.3 Å². The predicted molar refractivity (Wildman–Crippen MR) is 65.0 cm³/mol. The maximum atomic E-state index is 5.47. The molecule has 2 heteroatoms. The monoisotopic (exact) mass is 207 g/mol. The first-order chi connectivity index (χ1) is 7.03. The van der Waals surface area contributed by atoms with Gasteiger partial charge in [-0.2, -0.15) is 0 Å². The Morgan fingerprint density at radius 2 is 2.13 bits per heavy atom. The van der Waals surface area contributed by atoms with E-state index < -0.39 is 0 Å². The van der Waals surface area contributed by atoms with Crippen LogP contribution in [-0.4, -0.2) is 12.8 Å². The van der Waals surface area contributed by atoms with E-state index in [4.69, 9.17) is 4.74 Å². The summed E-state index contributed by atoms with van der Waals surface area (Å²) in [5, 5.41) is 0. The number of rotatable bonds is 3. The molecule has 0 fully saturated rings. The molecule has 1 aliphatic rings. The molecule has 0 amide bonds. The summed E-state index contributed by atoms with van der Waals surface area (Å²) in [5.41, 5.74) is 1.39. The Hall–Kier alpha value is -1.05. The Morgan fingerprint density at radius 3 is 2.73 bits per heavy atom. The Bertz CT molecular complexity index is 292. The third-order valence-corrected chi connectivity index (χ3v) is 2.15. The molecule has 1 heterocycles. The van der Waals surface area contributed by atoms with Gasteiger partial charge in [0, 0.05) is 12.6 Å². The van der Waals surface area contributed by atoms with Gasteiger partial charge in [0.1, 0.15) is 5.76 Å². The van der Waals surface area contributed by atoms with E-state index in [0.717, 1.165) is 30.9 Å². The van der Waals surface area contributed by atoms with Crippen molar-refractivity contribution in [2.24, 2.45) is 10.4 Å². The highest BCUT2D eigenvalue weighted by Crippen LogP contribution is 2.22. The molecular formula is C13H21NO. The highest BCUT2D eigenvalue weighted by Gasteiger charge is 2.13. The standard InChI is InChI=1S/C13H21NO/c1-5-6-12-11(7-10-15-12)14-9-8-13(2,3)4/h5-6,9H,7-8,10H2,1-4H3/b6-5-,14-9-. The molecule has 0 bridgehead atoms. The summed E-state index contributed by atoms with van der Waals surface area (Å²) in [7, 11) is 0. The SMILES string of the molecule is C/C=C\C1=C(/N=C\CC(C)(C)C)CCO1. The molecule has 0 aromatic rings. The topological polar surface area (TPSA) is 21.6 Å². The summed E-state index contributed by atoms with van der Waals surface area (Å²) in [6, 6.07) is 0. The van der Waals surface area contributed by atoms with Gasteiger partial charge in [0.25, 0.3) is 0 Å². The smallest absolute Gasteiger partial charge is 0.140 e. The average molecular weight is 207 g/mol. The highest BCUT2D eigenvalue weighted by molar-refractivity contribution is 5.60. The molecule has 2 nitrogen and oxygen atoms in total. The summed E-state index contributed by atoms with van der Waals surface area (Å²) < 4.78 is 5.47. The van der Waals surface area contributed by atoms with Gasteiger partial charge in [-0.15, -0.1) is 0 Å². The zero-order valence-electron chi connectivity index (χ0n) is 10.2. The zero-order chi connectivity index (χ0) is 11.3. The Morgan fingerprint density at radius 1 is 1.40 bits per heavy atom. The fourth-order valence-electron chi connectivity index (χ4n) is 1.32. The normalized spacial score (nSPS) is 18.1. The molecular weight excluding hydrogens is 186 g/mol. The maximum absolute atomic E-state index is 5.47. The summed E-state index contributed by atoms with van der Waals surface area (Å²) in [6.45, 7) is 9.40. The fourth-order valence-corrected chi connectivity index (χ4v) is 1.32. The van der Waals surface area contributed by atoms with E-state index in [1.54, 1.807) is 0 Å². The van der Waals surface area contributed by atoms with Crippen molar-refractivity contribution >= 4 is 6.21 Å². The van der Waals surface area contributed by atoms with Gasteiger partial charge in [-0.25, -0.2) is 0 Å². The largest absolute Gasteiger partial charge is 0.491 e. The summed E-state index contributed by atoms with van der Waals surface area (Å²) in [6.07, 6.45) is 7.91. The third kappa shape index (κ3) is 4.32. The van der Waals surface area contributed by atoms with Crippen LogP contribution in [0.4, 0.5) is 0 Å². The van der Waals surface area contributed by atoms with Crippen molar-refractivity contribution in [3.63, 3.8) is 0 Å². The van der Waals surface area contributed by atoms with Crippen molar-refractivity contribution in [2.75, 3.05) is 6.61 Å². The van der Waals surface area contributed by atoms with Crippen molar-refractivity contribution in [3.8, 4) is 0 Å². The van der Waals surface area contributed by atoms with Crippen LogP contribution in [0.5, 0.6) is 0 Å². The third-order valence-electron chi connectivity index (χ3n) is 2.15. The van der Waals surface area contributed by atoms with Gasteiger partial charge >= 0.3 is 0 Å². The van der Waals surface area contributed by atoms with Crippen molar-refractivity contribution in [1.82, 2.24) is 0 Å². The van der Waals surface area contributed by atoms with Crippen LogP contribution in [-0.2, 0) is 4.74 Å². The molecule has 84 valence electrons. The molecule has 0 N–H and O–H groups in total. The first kappa shape index (κ1) is 12.0. The van der Waals surface area contributed by atoms with Crippen molar-refractivity contribution < 1.29 is 4.74 Å². The lowest BCUT2D eigenvalue weighted by Gasteiger charge is -2.13. The molecule has 15 heavy (non-hydrogen) atoms. The highest BCUT2D eigenvalue weighted by atomic mass is 16.5. The van der Waals surface area contributed by atoms with Crippen molar-refractivity contribution in [2.45, 2.75) is 40.5 Å². The Labute approximate surface area is 92.7 Å². The van der Waals surface area contributed by atoms with Crippen LogP contribution in [0.2, 0.25) is 0 Å². The van der Waals surface area contributed by atoms with Gasteiger partial charge in [-0.1, -0.05) is 26.8 Å². The predicted octanol–water partition coefficient (Wildman–Crippen LogP) is 3.70. The Balaban J connectivity index is 2.60. The summed E-state index contributed by atoms with van der Waals surface area (Å²) in [5.74, 6) is 0.933. The van der Waals surface area contributed by atoms with E-state index in [-0.39, 0.29) is 0 Å². The Kier molecular flexibility index (Phi) is 4.13. The minimum atomic E-state index is 0.310. The van der Waals surface area contributed by atoms with Crippen LogP contribution in [0, 0.1) is 5.41 Å². The molecule has 0 saturated heterocycles. The first-order valence-electron chi connectivity index (χ1n) is 5.54. The second kappa shape index (κ2) is 5.15. The van der Waals surface area contributed by atoms with Crippen LogP contribution >= 0.6 is 0 Å². The quantitative estimate of drug-likeness (QED) is 0.647. The van der Waals surface area contributed by atoms with Gasteiger partial charge in [0.2, 0.25) is 0 Å². The number of nitrogens with zero attached hydrogens (tertiary/aromatic N) is 1. The number of allylic oxidation sites excluding steroid dienone is 2. The van der Waals surface area contributed by atoms with E-state index in [2.05, 4.69) is 25.8 Å². The van der Waals surface area contributed by atoms with E-state index in [9.17, 15) is 0 Å². The molecule has 0 aromatic carbocycles. The van der Waals surface area contributed by atoms with Crippen LogP contribution < -0.4 is 0 Å². The molecule has 0 aliphatic carbocycles. The fraction of sp³-hybridized carbons (Fsp3) is 0.615. The van der Waals surface area contributed by atoms with Crippen LogP contribution in [0.15, 0.2) is 28.6 Å². The molecule has 1 aliphatic heterocycles. The second-order valence-corrected chi connectivity index (χ2v) is 4.99. The van der Waals surface area contributed by atoms with Crippen molar-refractivity contribution in [3.05, 3.63) is 23.6 Å². The molecule has 0 aromatic heterocycles. The minimum absolute atomic E-state index is 0.310. The van der Waals surface area contributed by atoms with Gasteiger partial charge in [-0.05, 0) is 24.8 Å². The summed E-state index contributed by atoms with van der Waals surface area (Å²) >= 11 is 0. The van der Waals surface area contributed by atoms with Crippen LogP contribution in [0.1, 0.15) is 40.5 Å². The van der Waals surface area contributed by atoms with Gasteiger partial charge in [0.15, 0.2) is 0 Å². The lowest BCUT2D eigenvalue weighted by Crippen LogP contribution is -2.04. The zero-order valence-corrected chi connectivity index (χ0v) is 10.2. The maximum Gasteiger partial charge on any atom is 0.140 e. The lowest BCUT2D eigenvalue weighted by molar-refractivity contribution is 0.257. The second-order valence-electron chi connectivity index (χ2n) is 4.99. The number of hydrogen-bond donors (Lipinski definition) is 0. The molecule has 0 saturated carbocycles. The average Bonchev–Trinajstić information content (AvgIpc) is 2.51.